The van der Waals surface area contributed by atoms with Gasteiger partial charge in [-0.2, -0.15) is 0 Å². The number of hydrogen-bond donors (Lipinski definition) is 3. The molecule has 186 valence electrons. The summed E-state index contributed by atoms with van der Waals surface area (Å²) in [5, 5.41) is 5.66. The monoisotopic (exact) mass is 476 g/mol. The first-order chi connectivity index (χ1) is 16.2. The minimum Gasteiger partial charge on any atom is -0.401 e. The Labute approximate surface area is 209 Å². The van der Waals surface area contributed by atoms with Crippen molar-refractivity contribution in [1.29, 1.82) is 0 Å². The molecule has 0 unspecified atom stereocenters. The van der Waals surface area contributed by atoms with E-state index in [0.29, 0.717) is 17.2 Å². The largest absolute Gasteiger partial charge is 0.494 e. The molecule has 0 saturated carbocycles. The molecule has 2 aromatic rings. The summed E-state index contributed by atoms with van der Waals surface area (Å²) in [6.07, 6.45) is 1.70. The van der Waals surface area contributed by atoms with Crippen molar-refractivity contribution in [3.05, 3.63) is 65.9 Å². The SMILES string of the molecule is Cc1ccc(N=C(/C=C(\N)C(C)(C)C)NC(=O)Nc2ccc(B3OC(C)(C)C(C)(C)O3)cc2)cc1. The van der Waals surface area contributed by atoms with Crippen molar-refractivity contribution in [2.75, 3.05) is 5.32 Å². The van der Waals surface area contributed by atoms with E-state index in [1.165, 1.54) is 0 Å². The Hall–Kier alpha value is -3.10. The van der Waals surface area contributed by atoms with Crippen LogP contribution >= 0.6 is 0 Å². The van der Waals surface area contributed by atoms with Crippen LogP contribution in [0.25, 0.3) is 0 Å². The second kappa shape index (κ2) is 9.87. The molecule has 1 heterocycles. The summed E-state index contributed by atoms with van der Waals surface area (Å²) in [6, 6.07) is 14.7. The van der Waals surface area contributed by atoms with E-state index >= 15 is 0 Å². The van der Waals surface area contributed by atoms with Crippen molar-refractivity contribution in [2.24, 2.45) is 16.1 Å². The van der Waals surface area contributed by atoms with Crippen LogP contribution in [0.1, 0.15) is 54.0 Å². The molecular formula is C27H37BN4O3. The molecule has 1 aliphatic heterocycles. The molecule has 7 nitrogen and oxygen atoms in total. The first-order valence-corrected chi connectivity index (χ1v) is 11.8. The fourth-order valence-corrected chi connectivity index (χ4v) is 3.20. The number of urea groups is 1. The van der Waals surface area contributed by atoms with Gasteiger partial charge in [0.2, 0.25) is 0 Å². The molecule has 1 fully saturated rings. The lowest BCUT2D eigenvalue weighted by Crippen LogP contribution is -2.41. The molecule has 0 bridgehead atoms. The Kier molecular flexibility index (Phi) is 7.48. The number of nitrogens with one attached hydrogen (secondary N) is 2. The predicted molar refractivity (Wildman–Crippen MR) is 144 cm³/mol. The Morgan fingerprint density at radius 1 is 0.971 bits per heavy atom. The smallest absolute Gasteiger partial charge is 0.401 e. The fraction of sp³-hybridized carbons (Fsp3) is 0.407. The number of allylic oxidation sites excluding steroid dienone is 1. The van der Waals surface area contributed by atoms with Crippen LogP contribution in [0, 0.1) is 12.3 Å². The maximum absolute atomic E-state index is 12.8. The number of carbonyl (C=O) groups excluding carboxylic acids is 1. The van der Waals surface area contributed by atoms with Crippen LogP contribution in [0.3, 0.4) is 0 Å². The van der Waals surface area contributed by atoms with E-state index < -0.39 is 24.4 Å². The Balaban J connectivity index is 1.73. The number of anilines is 1. The van der Waals surface area contributed by atoms with Crippen LogP contribution in [0.2, 0.25) is 0 Å². The Bertz CT molecular complexity index is 1100. The zero-order valence-corrected chi connectivity index (χ0v) is 22.0. The minimum atomic E-state index is -0.457. The maximum atomic E-state index is 12.8. The number of nitrogens with two attached hydrogens (primary N) is 1. The van der Waals surface area contributed by atoms with E-state index in [2.05, 4.69) is 15.6 Å². The summed E-state index contributed by atoms with van der Waals surface area (Å²) in [5.74, 6) is 0.354. The second-order valence-corrected chi connectivity index (χ2v) is 11.0. The minimum absolute atomic E-state index is 0.268. The van der Waals surface area contributed by atoms with Gasteiger partial charge in [-0.05, 0) is 64.3 Å². The molecular weight excluding hydrogens is 439 g/mol. The first-order valence-electron chi connectivity index (χ1n) is 11.8. The van der Waals surface area contributed by atoms with Crippen LogP contribution in [0.15, 0.2) is 65.3 Å². The van der Waals surface area contributed by atoms with Gasteiger partial charge in [0.1, 0.15) is 5.84 Å². The molecule has 0 aromatic heterocycles. The lowest BCUT2D eigenvalue weighted by molar-refractivity contribution is 0.00578. The zero-order valence-electron chi connectivity index (χ0n) is 22.0. The molecule has 1 aliphatic rings. The third kappa shape index (κ3) is 6.74. The summed E-state index contributed by atoms with van der Waals surface area (Å²) >= 11 is 0. The number of amides is 2. The number of hydrogen-bond acceptors (Lipinski definition) is 5. The van der Waals surface area contributed by atoms with Gasteiger partial charge in [-0.3, -0.25) is 5.32 Å². The molecule has 0 spiro atoms. The van der Waals surface area contributed by atoms with Crippen LogP contribution < -0.4 is 21.8 Å². The summed E-state index contributed by atoms with van der Waals surface area (Å²) in [5.41, 5.74) is 9.13. The van der Waals surface area contributed by atoms with E-state index in [0.717, 1.165) is 16.7 Å². The molecule has 2 aromatic carbocycles. The number of nitrogens with zero attached hydrogens (tertiary/aromatic N) is 1. The van der Waals surface area contributed by atoms with Gasteiger partial charge in [-0.15, -0.1) is 0 Å². The number of carbonyl (C=O) groups is 1. The van der Waals surface area contributed by atoms with Gasteiger partial charge in [0.05, 0.1) is 16.9 Å². The average molecular weight is 476 g/mol. The molecule has 2 amide bonds. The number of aliphatic imine (C=N–C) groups is 1. The van der Waals surface area contributed by atoms with E-state index in [1.807, 2.05) is 104 Å². The first kappa shape index (κ1) is 26.5. The molecule has 4 N–H and O–H groups in total. The highest BCUT2D eigenvalue weighted by Crippen LogP contribution is 2.36. The van der Waals surface area contributed by atoms with Crippen LogP contribution in [-0.2, 0) is 9.31 Å². The van der Waals surface area contributed by atoms with Gasteiger partial charge in [-0.25, -0.2) is 9.79 Å². The van der Waals surface area contributed by atoms with Gasteiger partial charge in [0.15, 0.2) is 0 Å². The lowest BCUT2D eigenvalue weighted by Gasteiger charge is -2.32. The van der Waals surface area contributed by atoms with E-state index in [1.54, 1.807) is 6.08 Å². The Morgan fingerprint density at radius 2 is 1.51 bits per heavy atom. The van der Waals surface area contributed by atoms with Crippen LogP contribution in [-0.4, -0.2) is 30.2 Å². The standard InChI is InChI=1S/C27H37BN4O3/c1-18-9-13-20(14-10-18)30-23(17-22(29)25(2,3)4)32-24(33)31-21-15-11-19(12-16-21)28-34-26(5,6)27(7,8)35-28/h9-17H,29H2,1-8H3,(H2,30,31,32,33)/b22-17-. The van der Waals surface area contributed by atoms with E-state index in [9.17, 15) is 4.79 Å². The fourth-order valence-electron chi connectivity index (χ4n) is 3.20. The second-order valence-electron chi connectivity index (χ2n) is 11.0. The summed E-state index contributed by atoms with van der Waals surface area (Å²) < 4.78 is 12.2. The Morgan fingerprint density at radius 3 is 2.03 bits per heavy atom. The van der Waals surface area contributed by atoms with Crippen LogP contribution in [0.4, 0.5) is 16.2 Å². The van der Waals surface area contributed by atoms with Gasteiger partial charge < -0.3 is 20.4 Å². The van der Waals surface area contributed by atoms with Crippen molar-refractivity contribution < 1.29 is 14.1 Å². The highest BCUT2D eigenvalue weighted by Gasteiger charge is 2.51. The third-order valence-corrected chi connectivity index (χ3v) is 6.38. The molecule has 0 atom stereocenters. The number of aryl methyl sites for hydroxylation is 1. The number of rotatable bonds is 4. The van der Waals surface area contributed by atoms with Crippen molar-refractivity contribution >= 4 is 35.8 Å². The summed E-state index contributed by atoms with van der Waals surface area (Å²) in [6.45, 7) is 16.1. The van der Waals surface area contributed by atoms with Gasteiger partial charge in [0, 0.05) is 22.9 Å². The number of amidine groups is 1. The molecule has 35 heavy (non-hydrogen) atoms. The lowest BCUT2D eigenvalue weighted by atomic mass is 9.79. The van der Waals surface area contributed by atoms with E-state index in [4.69, 9.17) is 15.0 Å². The predicted octanol–water partition coefficient (Wildman–Crippen LogP) is 5.03. The highest BCUT2D eigenvalue weighted by molar-refractivity contribution is 6.62. The van der Waals surface area contributed by atoms with E-state index in [-0.39, 0.29) is 5.41 Å². The zero-order chi connectivity index (χ0) is 26.0. The normalized spacial score (nSPS) is 17.9. The quantitative estimate of drug-likeness (QED) is 0.327. The number of benzene rings is 2. The van der Waals surface area contributed by atoms with Gasteiger partial charge in [0.25, 0.3) is 0 Å². The van der Waals surface area contributed by atoms with Crippen molar-refractivity contribution in [3.8, 4) is 0 Å². The third-order valence-electron chi connectivity index (χ3n) is 6.38. The van der Waals surface area contributed by atoms with Gasteiger partial charge >= 0.3 is 13.1 Å². The molecule has 0 radical (unpaired) electrons. The molecule has 3 rings (SSSR count). The molecule has 0 aliphatic carbocycles. The van der Waals surface area contributed by atoms with Crippen molar-refractivity contribution in [2.45, 2.75) is 66.6 Å². The summed E-state index contributed by atoms with van der Waals surface area (Å²) in [7, 11) is -0.457. The van der Waals surface area contributed by atoms with Gasteiger partial charge in [-0.1, -0.05) is 50.6 Å². The van der Waals surface area contributed by atoms with Crippen LogP contribution in [0.5, 0.6) is 0 Å². The topological polar surface area (TPSA) is 98.0 Å². The maximum Gasteiger partial charge on any atom is 0.494 e. The van der Waals surface area contributed by atoms with Crippen molar-refractivity contribution in [1.82, 2.24) is 5.32 Å². The molecule has 1 saturated heterocycles. The highest BCUT2D eigenvalue weighted by atomic mass is 16.7. The summed E-state index contributed by atoms with van der Waals surface area (Å²) in [4.78, 5) is 17.4. The average Bonchev–Trinajstić information content (AvgIpc) is 2.96. The van der Waals surface area contributed by atoms with Crippen molar-refractivity contribution in [3.63, 3.8) is 0 Å². The molecule has 8 heteroatoms.